The summed E-state index contributed by atoms with van der Waals surface area (Å²) in [5, 5.41) is 9.33. The van der Waals surface area contributed by atoms with E-state index < -0.39 is 0 Å². The first-order chi connectivity index (χ1) is 6.34. The summed E-state index contributed by atoms with van der Waals surface area (Å²) in [6, 6.07) is 7.02. The number of aliphatic imine (C=N–C) groups is 1. The average molecular weight is 175 g/mol. The smallest absolute Gasteiger partial charge is 0.239 e. The van der Waals surface area contributed by atoms with E-state index in [4.69, 9.17) is 0 Å². The zero-order valence-corrected chi connectivity index (χ0v) is 6.97. The maximum absolute atomic E-state index is 9.69. The molecular weight excluding hydrogens is 166 g/mol. The Morgan fingerprint density at radius 2 is 2.23 bits per heavy atom. The summed E-state index contributed by atoms with van der Waals surface area (Å²) in [6.07, 6.45) is 4.99. The second-order valence-corrected chi connectivity index (χ2v) is 2.44. The number of allylic oxidation sites excluding steroid dienone is 1. The lowest BCUT2D eigenvalue weighted by Crippen LogP contribution is -1.80. The lowest BCUT2D eigenvalue weighted by Gasteiger charge is -1.98. The third kappa shape index (κ3) is 2.93. The highest BCUT2D eigenvalue weighted by molar-refractivity contribution is 5.35. The van der Waals surface area contributed by atoms with Gasteiger partial charge in [-0.05, 0) is 18.1 Å². The van der Waals surface area contributed by atoms with Crippen molar-refractivity contribution in [2.75, 3.05) is 0 Å². The van der Waals surface area contributed by atoms with E-state index in [1.165, 1.54) is 12.3 Å². The Kier molecular flexibility index (Phi) is 3.48. The molecular formula is C10H9NO2. The minimum absolute atomic E-state index is 0.252. The minimum atomic E-state index is 0.252. The van der Waals surface area contributed by atoms with Crippen LogP contribution in [0.5, 0.6) is 5.75 Å². The molecule has 0 amide bonds. The third-order valence-corrected chi connectivity index (χ3v) is 1.56. The van der Waals surface area contributed by atoms with Crippen molar-refractivity contribution in [1.29, 1.82) is 0 Å². The van der Waals surface area contributed by atoms with Crippen molar-refractivity contribution in [2.24, 2.45) is 4.99 Å². The molecule has 1 N–H and O–H groups in total. The van der Waals surface area contributed by atoms with Gasteiger partial charge in [0.05, 0.1) is 0 Å². The van der Waals surface area contributed by atoms with E-state index in [0.29, 0.717) is 6.42 Å². The Morgan fingerprint density at radius 1 is 1.46 bits per heavy atom. The zero-order valence-electron chi connectivity index (χ0n) is 6.97. The summed E-state index contributed by atoms with van der Waals surface area (Å²) >= 11 is 0. The standard InChI is InChI=1S/C10H9NO2/c12-8-11-7-3-5-9-4-1-2-6-10(9)13/h1-4,6-7,13H,5H2/b7-3-. The van der Waals surface area contributed by atoms with Gasteiger partial charge in [-0.25, -0.2) is 4.79 Å². The van der Waals surface area contributed by atoms with Crippen molar-refractivity contribution < 1.29 is 9.90 Å². The van der Waals surface area contributed by atoms with E-state index in [0.717, 1.165) is 5.56 Å². The first-order valence-electron chi connectivity index (χ1n) is 3.83. The summed E-state index contributed by atoms with van der Waals surface area (Å²) in [5.74, 6) is 0.252. The molecule has 0 aliphatic rings. The number of phenolic OH excluding ortho intramolecular Hbond substituents is 1. The number of rotatable bonds is 3. The molecule has 0 fully saturated rings. The fourth-order valence-corrected chi connectivity index (χ4v) is 0.946. The molecule has 3 heteroatoms. The molecule has 1 aromatic carbocycles. The van der Waals surface area contributed by atoms with Crippen molar-refractivity contribution in [3.05, 3.63) is 42.1 Å². The van der Waals surface area contributed by atoms with Gasteiger partial charge in [0.1, 0.15) is 5.75 Å². The van der Waals surface area contributed by atoms with Crippen LogP contribution in [0.4, 0.5) is 0 Å². The Bertz CT molecular complexity index is 352. The lowest BCUT2D eigenvalue weighted by molar-refractivity contribution is 0.469. The van der Waals surface area contributed by atoms with Crippen molar-refractivity contribution in [2.45, 2.75) is 6.42 Å². The number of nitrogens with zero attached hydrogens (tertiary/aromatic N) is 1. The van der Waals surface area contributed by atoms with Crippen LogP contribution < -0.4 is 0 Å². The third-order valence-electron chi connectivity index (χ3n) is 1.56. The molecule has 0 aromatic heterocycles. The number of para-hydroxylation sites is 1. The lowest BCUT2D eigenvalue weighted by atomic mass is 10.1. The average Bonchev–Trinajstić information content (AvgIpc) is 2.15. The molecule has 0 spiro atoms. The number of hydrogen-bond donors (Lipinski definition) is 1. The van der Waals surface area contributed by atoms with Gasteiger partial charge in [0.2, 0.25) is 6.08 Å². The molecule has 0 radical (unpaired) electrons. The quantitative estimate of drug-likeness (QED) is 0.562. The van der Waals surface area contributed by atoms with E-state index in [9.17, 15) is 9.90 Å². The zero-order chi connectivity index (χ0) is 9.52. The maximum atomic E-state index is 9.69. The van der Waals surface area contributed by atoms with Gasteiger partial charge in [0.25, 0.3) is 0 Å². The van der Waals surface area contributed by atoms with Crippen LogP contribution in [0.1, 0.15) is 5.56 Å². The highest BCUT2D eigenvalue weighted by Gasteiger charge is 1.94. The number of aromatic hydroxyl groups is 1. The van der Waals surface area contributed by atoms with Crippen LogP contribution >= 0.6 is 0 Å². The van der Waals surface area contributed by atoms with Crippen LogP contribution in [0.3, 0.4) is 0 Å². The van der Waals surface area contributed by atoms with Gasteiger partial charge in [-0.15, -0.1) is 0 Å². The summed E-state index contributed by atoms with van der Waals surface area (Å²) in [7, 11) is 0. The van der Waals surface area contributed by atoms with Crippen LogP contribution in [0.15, 0.2) is 41.5 Å². The van der Waals surface area contributed by atoms with Crippen molar-refractivity contribution in [1.82, 2.24) is 0 Å². The fraction of sp³-hybridized carbons (Fsp3) is 0.100. The molecule has 0 atom stereocenters. The van der Waals surface area contributed by atoms with E-state index in [1.54, 1.807) is 18.2 Å². The maximum Gasteiger partial charge on any atom is 0.239 e. The summed E-state index contributed by atoms with van der Waals surface area (Å²) in [5.41, 5.74) is 0.805. The van der Waals surface area contributed by atoms with Crippen molar-refractivity contribution >= 4 is 6.08 Å². The normalized spacial score (nSPS) is 9.85. The van der Waals surface area contributed by atoms with Gasteiger partial charge >= 0.3 is 0 Å². The molecule has 0 aliphatic heterocycles. The number of isocyanates is 1. The molecule has 0 aliphatic carbocycles. The Labute approximate surface area is 76.1 Å². The van der Waals surface area contributed by atoms with Crippen LogP contribution in [0.25, 0.3) is 0 Å². The van der Waals surface area contributed by atoms with Crippen LogP contribution in [-0.4, -0.2) is 11.2 Å². The Hall–Kier alpha value is -1.86. The molecule has 0 bridgehead atoms. The number of phenols is 1. The molecule has 0 unspecified atom stereocenters. The van der Waals surface area contributed by atoms with E-state index in [2.05, 4.69) is 4.99 Å². The number of hydrogen-bond acceptors (Lipinski definition) is 3. The van der Waals surface area contributed by atoms with Crippen LogP contribution in [0.2, 0.25) is 0 Å². The first-order valence-corrected chi connectivity index (χ1v) is 3.83. The minimum Gasteiger partial charge on any atom is -0.508 e. The molecule has 66 valence electrons. The second kappa shape index (κ2) is 4.91. The predicted molar refractivity (Wildman–Crippen MR) is 49.1 cm³/mol. The second-order valence-electron chi connectivity index (χ2n) is 2.44. The van der Waals surface area contributed by atoms with E-state index in [1.807, 2.05) is 12.1 Å². The van der Waals surface area contributed by atoms with E-state index >= 15 is 0 Å². The van der Waals surface area contributed by atoms with Gasteiger partial charge in [0.15, 0.2) is 0 Å². The molecule has 13 heavy (non-hydrogen) atoms. The highest BCUT2D eigenvalue weighted by Crippen LogP contribution is 2.15. The van der Waals surface area contributed by atoms with Gasteiger partial charge in [0, 0.05) is 6.20 Å². The van der Waals surface area contributed by atoms with Crippen LogP contribution in [-0.2, 0) is 11.2 Å². The van der Waals surface area contributed by atoms with Gasteiger partial charge in [-0.1, -0.05) is 24.3 Å². The monoisotopic (exact) mass is 175 g/mol. The highest BCUT2D eigenvalue weighted by atomic mass is 16.3. The van der Waals surface area contributed by atoms with Gasteiger partial charge in [-0.2, -0.15) is 4.99 Å². The largest absolute Gasteiger partial charge is 0.508 e. The summed E-state index contributed by atoms with van der Waals surface area (Å²) in [6.45, 7) is 0. The molecule has 1 aromatic rings. The Morgan fingerprint density at radius 3 is 2.92 bits per heavy atom. The molecule has 1 rings (SSSR count). The van der Waals surface area contributed by atoms with Gasteiger partial charge in [-0.3, -0.25) is 0 Å². The fourth-order valence-electron chi connectivity index (χ4n) is 0.946. The SMILES string of the molecule is O=C=N/C=C\Cc1ccccc1O. The molecule has 0 saturated heterocycles. The van der Waals surface area contributed by atoms with Gasteiger partial charge < -0.3 is 5.11 Å². The first kappa shape index (κ1) is 9.23. The Balaban J connectivity index is 2.64. The molecule has 0 saturated carbocycles. The van der Waals surface area contributed by atoms with E-state index in [-0.39, 0.29) is 5.75 Å². The summed E-state index contributed by atoms with van der Waals surface area (Å²) < 4.78 is 0. The topological polar surface area (TPSA) is 49.7 Å². The predicted octanol–water partition coefficient (Wildman–Crippen LogP) is 1.78. The van der Waals surface area contributed by atoms with Crippen molar-refractivity contribution in [3.63, 3.8) is 0 Å². The molecule has 3 nitrogen and oxygen atoms in total. The van der Waals surface area contributed by atoms with Crippen molar-refractivity contribution in [3.8, 4) is 5.75 Å². The number of carbonyl (C=O) groups excluding carboxylic acids is 1. The molecule has 0 heterocycles. The number of benzene rings is 1. The summed E-state index contributed by atoms with van der Waals surface area (Å²) in [4.78, 5) is 12.9. The van der Waals surface area contributed by atoms with Crippen LogP contribution in [0, 0.1) is 0 Å².